The SMILES string of the molecule is C[C@]12CCC(=O)C=C1[C@H]1O[C@H]1[C@@H]1[C@@H]2CC[C@]2(C)C(=O)CC[C@@H]12. The van der Waals surface area contributed by atoms with Crippen LogP contribution in [0.3, 0.4) is 0 Å². The summed E-state index contributed by atoms with van der Waals surface area (Å²) in [5, 5.41) is 0. The first-order chi connectivity index (χ1) is 10.4. The zero-order valence-electron chi connectivity index (χ0n) is 13.4. The second-order valence-electron chi connectivity index (χ2n) is 8.71. The van der Waals surface area contributed by atoms with Crippen molar-refractivity contribution in [2.45, 2.75) is 64.6 Å². The zero-order valence-corrected chi connectivity index (χ0v) is 13.4. The molecule has 1 saturated heterocycles. The number of ketones is 2. The van der Waals surface area contributed by atoms with Crippen molar-refractivity contribution in [3.8, 4) is 0 Å². The Hall–Kier alpha value is -0.960. The molecule has 1 aliphatic heterocycles. The molecule has 0 aromatic heterocycles. The molecule has 3 saturated carbocycles. The molecule has 4 fully saturated rings. The highest BCUT2D eigenvalue weighted by Gasteiger charge is 2.68. The van der Waals surface area contributed by atoms with Gasteiger partial charge in [0.05, 0.1) is 6.10 Å². The normalized spacial score (nSPS) is 55.7. The fourth-order valence-electron chi connectivity index (χ4n) is 6.58. The molecular formula is C19H24O3. The van der Waals surface area contributed by atoms with E-state index in [1.807, 2.05) is 6.08 Å². The highest BCUT2D eigenvalue weighted by Crippen LogP contribution is 2.68. The van der Waals surface area contributed by atoms with Gasteiger partial charge in [-0.25, -0.2) is 0 Å². The Kier molecular flexibility index (Phi) is 2.40. The minimum absolute atomic E-state index is 0.0975. The summed E-state index contributed by atoms with van der Waals surface area (Å²) in [6.45, 7) is 4.57. The monoisotopic (exact) mass is 300 g/mol. The lowest BCUT2D eigenvalue weighted by Gasteiger charge is -2.55. The zero-order chi connectivity index (χ0) is 15.3. The summed E-state index contributed by atoms with van der Waals surface area (Å²) in [5.41, 5.74) is 1.31. The molecule has 0 aromatic rings. The van der Waals surface area contributed by atoms with Crippen molar-refractivity contribution in [1.82, 2.24) is 0 Å². The molecule has 4 aliphatic carbocycles. The summed E-state index contributed by atoms with van der Waals surface area (Å²) >= 11 is 0. The van der Waals surface area contributed by atoms with Gasteiger partial charge in [0.25, 0.3) is 0 Å². The van der Waals surface area contributed by atoms with Crippen LogP contribution >= 0.6 is 0 Å². The fourth-order valence-corrected chi connectivity index (χ4v) is 6.58. The van der Waals surface area contributed by atoms with Crippen molar-refractivity contribution in [3.63, 3.8) is 0 Å². The minimum atomic E-state index is -0.0975. The number of carbonyl (C=O) groups is 2. The van der Waals surface area contributed by atoms with Crippen molar-refractivity contribution >= 4 is 11.6 Å². The predicted molar refractivity (Wildman–Crippen MR) is 81.1 cm³/mol. The van der Waals surface area contributed by atoms with Gasteiger partial charge >= 0.3 is 0 Å². The van der Waals surface area contributed by atoms with Crippen LogP contribution in [0.4, 0.5) is 0 Å². The number of fused-ring (bicyclic) bond motifs is 8. The number of ether oxygens (including phenoxy) is 1. The Balaban J connectivity index is 1.59. The van der Waals surface area contributed by atoms with E-state index in [-0.39, 0.29) is 28.8 Å². The summed E-state index contributed by atoms with van der Waals surface area (Å²) in [5.74, 6) is 2.39. The van der Waals surface area contributed by atoms with Crippen molar-refractivity contribution in [3.05, 3.63) is 11.6 Å². The van der Waals surface area contributed by atoms with Crippen LogP contribution in [0.25, 0.3) is 0 Å². The molecule has 7 atom stereocenters. The third kappa shape index (κ3) is 1.42. The number of Topliss-reactive ketones (excluding diaryl/α,β-unsaturated/α-hetero) is 1. The maximum atomic E-state index is 12.4. The Labute approximate surface area is 131 Å². The van der Waals surface area contributed by atoms with Crippen molar-refractivity contribution in [2.24, 2.45) is 28.6 Å². The largest absolute Gasteiger partial charge is 0.365 e. The maximum Gasteiger partial charge on any atom is 0.155 e. The van der Waals surface area contributed by atoms with Gasteiger partial charge in [0, 0.05) is 18.3 Å². The molecule has 22 heavy (non-hydrogen) atoms. The molecule has 3 nitrogen and oxygen atoms in total. The summed E-state index contributed by atoms with van der Waals surface area (Å²) in [6, 6.07) is 0. The molecule has 5 aliphatic rings. The number of hydrogen-bond acceptors (Lipinski definition) is 3. The lowest BCUT2D eigenvalue weighted by Crippen LogP contribution is -2.53. The van der Waals surface area contributed by atoms with Gasteiger partial charge in [0.2, 0.25) is 0 Å². The van der Waals surface area contributed by atoms with Gasteiger partial charge in [-0.05, 0) is 60.5 Å². The van der Waals surface area contributed by atoms with Gasteiger partial charge in [-0.15, -0.1) is 0 Å². The average molecular weight is 300 g/mol. The lowest BCUT2D eigenvalue weighted by atomic mass is 9.47. The highest BCUT2D eigenvalue weighted by atomic mass is 16.6. The van der Waals surface area contributed by atoms with E-state index < -0.39 is 0 Å². The third-order valence-electron chi connectivity index (χ3n) is 7.94. The van der Waals surface area contributed by atoms with Crippen LogP contribution in [-0.2, 0) is 14.3 Å². The van der Waals surface area contributed by atoms with Crippen molar-refractivity contribution in [2.75, 3.05) is 0 Å². The van der Waals surface area contributed by atoms with Crippen LogP contribution in [0.15, 0.2) is 11.6 Å². The molecule has 0 amide bonds. The van der Waals surface area contributed by atoms with E-state index in [4.69, 9.17) is 4.74 Å². The molecule has 0 unspecified atom stereocenters. The molecule has 0 spiro atoms. The fraction of sp³-hybridized carbons (Fsp3) is 0.789. The molecular weight excluding hydrogens is 276 g/mol. The lowest BCUT2D eigenvalue weighted by molar-refractivity contribution is -0.132. The molecule has 0 aromatic carbocycles. The Morgan fingerprint density at radius 3 is 2.64 bits per heavy atom. The summed E-state index contributed by atoms with van der Waals surface area (Å²) in [4.78, 5) is 24.3. The second kappa shape index (κ2) is 3.92. The van der Waals surface area contributed by atoms with E-state index in [2.05, 4.69) is 13.8 Å². The quantitative estimate of drug-likeness (QED) is 0.646. The number of carbonyl (C=O) groups excluding carboxylic acids is 2. The second-order valence-corrected chi connectivity index (χ2v) is 8.71. The Morgan fingerprint density at radius 2 is 1.82 bits per heavy atom. The summed E-state index contributed by atoms with van der Waals surface area (Å²) < 4.78 is 6.09. The van der Waals surface area contributed by atoms with Crippen LogP contribution in [0.1, 0.15) is 52.4 Å². The van der Waals surface area contributed by atoms with Crippen LogP contribution in [-0.4, -0.2) is 23.8 Å². The average Bonchev–Trinajstić information content (AvgIpc) is 3.22. The van der Waals surface area contributed by atoms with Gasteiger partial charge < -0.3 is 4.74 Å². The predicted octanol–water partition coefficient (Wildman–Crippen LogP) is 3.07. The minimum Gasteiger partial charge on any atom is -0.365 e. The van der Waals surface area contributed by atoms with Gasteiger partial charge in [0.1, 0.15) is 11.9 Å². The first-order valence-electron chi connectivity index (χ1n) is 8.89. The van der Waals surface area contributed by atoms with E-state index >= 15 is 0 Å². The van der Waals surface area contributed by atoms with Crippen LogP contribution in [0, 0.1) is 28.6 Å². The molecule has 5 rings (SSSR count). The Bertz CT molecular complexity index is 620. The molecule has 0 radical (unpaired) electrons. The van der Waals surface area contributed by atoms with E-state index in [0.717, 1.165) is 32.1 Å². The summed E-state index contributed by atoms with van der Waals surface area (Å²) in [6.07, 6.45) is 7.99. The van der Waals surface area contributed by atoms with Gasteiger partial charge in [-0.1, -0.05) is 13.8 Å². The highest BCUT2D eigenvalue weighted by molar-refractivity contribution is 5.92. The molecule has 0 bridgehead atoms. The Morgan fingerprint density at radius 1 is 1.05 bits per heavy atom. The molecule has 3 heteroatoms. The number of epoxide rings is 1. The van der Waals surface area contributed by atoms with Crippen molar-refractivity contribution in [1.29, 1.82) is 0 Å². The standard InChI is InChI=1S/C19H24O3/c1-18-7-5-10(20)9-13(18)16-17(22-16)15-11-3-4-14(21)19(11,2)8-6-12(15)18/h9,11-12,15-17H,3-8H2,1-2H3/t11-,12-,15-,16+,17-,18+,19-/m0/s1. The van der Waals surface area contributed by atoms with Gasteiger partial charge in [0.15, 0.2) is 5.78 Å². The first-order valence-corrected chi connectivity index (χ1v) is 8.89. The van der Waals surface area contributed by atoms with E-state index in [9.17, 15) is 9.59 Å². The van der Waals surface area contributed by atoms with E-state index in [0.29, 0.717) is 30.0 Å². The van der Waals surface area contributed by atoms with E-state index in [1.165, 1.54) is 5.57 Å². The molecule has 1 heterocycles. The van der Waals surface area contributed by atoms with E-state index in [1.54, 1.807) is 0 Å². The van der Waals surface area contributed by atoms with Gasteiger partial charge in [-0.3, -0.25) is 9.59 Å². The first kappa shape index (κ1) is 13.5. The third-order valence-corrected chi connectivity index (χ3v) is 7.94. The van der Waals surface area contributed by atoms with Crippen molar-refractivity contribution < 1.29 is 14.3 Å². The van der Waals surface area contributed by atoms with Gasteiger partial charge in [-0.2, -0.15) is 0 Å². The molecule has 0 N–H and O–H groups in total. The van der Waals surface area contributed by atoms with Crippen LogP contribution in [0.2, 0.25) is 0 Å². The maximum absolute atomic E-state index is 12.4. The van der Waals surface area contributed by atoms with Crippen LogP contribution < -0.4 is 0 Å². The van der Waals surface area contributed by atoms with Crippen LogP contribution in [0.5, 0.6) is 0 Å². The topological polar surface area (TPSA) is 46.7 Å². The molecule has 118 valence electrons. The smallest absolute Gasteiger partial charge is 0.155 e. The number of rotatable bonds is 0. The number of hydrogen-bond donors (Lipinski definition) is 0. The summed E-state index contributed by atoms with van der Waals surface area (Å²) in [7, 11) is 0.